The van der Waals surface area contributed by atoms with Crippen molar-refractivity contribution < 1.29 is 14.6 Å². The number of carbonyl (C=O) groups is 1. The first kappa shape index (κ1) is 9.83. The standard InChI is InChI=1S/C11H13NO3/c1-6-9-7(12-10(6)11(13)14)4-3-5-8(9)15-2/h3-6,10,12H,1-2H3,(H,13,14). The SMILES string of the molecule is COc1cccc2c1C(C)C(C(=O)O)N2. The van der Waals surface area contributed by atoms with Crippen LogP contribution in [0.3, 0.4) is 0 Å². The third kappa shape index (κ3) is 1.42. The Labute approximate surface area is 87.9 Å². The highest BCUT2D eigenvalue weighted by molar-refractivity contribution is 5.83. The molecule has 2 atom stereocenters. The van der Waals surface area contributed by atoms with Crippen LogP contribution >= 0.6 is 0 Å². The summed E-state index contributed by atoms with van der Waals surface area (Å²) < 4.78 is 5.22. The maximum Gasteiger partial charge on any atom is 0.326 e. The van der Waals surface area contributed by atoms with E-state index in [-0.39, 0.29) is 5.92 Å². The molecule has 1 aliphatic heterocycles. The van der Waals surface area contributed by atoms with Crippen molar-refractivity contribution in [2.24, 2.45) is 0 Å². The predicted octanol–water partition coefficient (Wildman–Crippen LogP) is 1.68. The molecule has 0 amide bonds. The zero-order valence-corrected chi connectivity index (χ0v) is 8.65. The average Bonchev–Trinajstić information content (AvgIpc) is 2.56. The van der Waals surface area contributed by atoms with Crippen LogP contribution in [-0.2, 0) is 4.79 Å². The number of hydrogen-bond acceptors (Lipinski definition) is 3. The van der Waals surface area contributed by atoms with Crippen LogP contribution in [0.25, 0.3) is 0 Å². The van der Waals surface area contributed by atoms with Gasteiger partial charge < -0.3 is 15.2 Å². The highest BCUT2D eigenvalue weighted by Crippen LogP contribution is 2.41. The molecule has 1 aromatic rings. The van der Waals surface area contributed by atoms with Crippen molar-refractivity contribution in [3.8, 4) is 5.75 Å². The van der Waals surface area contributed by atoms with Gasteiger partial charge in [0.2, 0.25) is 0 Å². The maximum atomic E-state index is 11.0. The summed E-state index contributed by atoms with van der Waals surface area (Å²) in [5, 5.41) is 12.0. The van der Waals surface area contributed by atoms with Crippen molar-refractivity contribution in [2.45, 2.75) is 18.9 Å². The van der Waals surface area contributed by atoms with Crippen molar-refractivity contribution in [1.29, 1.82) is 0 Å². The molecule has 1 aliphatic rings. The first-order valence-corrected chi connectivity index (χ1v) is 4.81. The van der Waals surface area contributed by atoms with E-state index in [0.29, 0.717) is 0 Å². The minimum absolute atomic E-state index is 0.0753. The first-order chi connectivity index (χ1) is 7.15. The monoisotopic (exact) mass is 207 g/mol. The lowest BCUT2D eigenvalue weighted by atomic mass is 9.96. The summed E-state index contributed by atoms with van der Waals surface area (Å²) in [6.07, 6.45) is 0. The lowest BCUT2D eigenvalue weighted by molar-refractivity contribution is -0.138. The summed E-state index contributed by atoms with van der Waals surface area (Å²) in [7, 11) is 1.59. The van der Waals surface area contributed by atoms with Gasteiger partial charge in [-0.1, -0.05) is 13.0 Å². The quantitative estimate of drug-likeness (QED) is 0.774. The predicted molar refractivity (Wildman–Crippen MR) is 56.5 cm³/mol. The van der Waals surface area contributed by atoms with Crippen LogP contribution in [0.1, 0.15) is 18.4 Å². The molecule has 0 saturated heterocycles. The van der Waals surface area contributed by atoms with Crippen LogP contribution in [0.15, 0.2) is 18.2 Å². The van der Waals surface area contributed by atoms with E-state index < -0.39 is 12.0 Å². The molecule has 0 aromatic heterocycles. The smallest absolute Gasteiger partial charge is 0.326 e. The topological polar surface area (TPSA) is 58.6 Å². The Morgan fingerprint density at radius 2 is 2.27 bits per heavy atom. The Balaban J connectivity index is 2.45. The number of rotatable bonds is 2. The summed E-state index contributed by atoms with van der Waals surface area (Å²) in [6.45, 7) is 1.89. The number of carboxylic acids is 1. The molecular weight excluding hydrogens is 194 g/mol. The van der Waals surface area contributed by atoms with Gasteiger partial charge in [-0.2, -0.15) is 0 Å². The van der Waals surface area contributed by atoms with Gasteiger partial charge in [-0.15, -0.1) is 0 Å². The molecule has 4 nitrogen and oxygen atoms in total. The number of carboxylic acid groups (broad SMARTS) is 1. The van der Waals surface area contributed by atoms with E-state index in [1.54, 1.807) is 7.11 Å². The van der Waals surface area contributed by atoms with Crippen molar-refractivity contribution in [2.75, 3.05) is 12.4 Å². The fourth-order valence-electron chi connectivity index (χ4n) is 2.05. The number of aliphatic carboxylic acids is 1. The van der Waals surface area contributed by atoms with Crippen LogP contribution in [0, 0.1) is 0 Å². The number of fused-ring (bicyclic) bond motifs is 1. The van der Waals surface area contributed by atoms with Gasteiger partial charge in [0.1, 0.15) is 11.8 Å². The molecule has 1 heterocycles. The molecule has 15 heavy (non-hydrogen) atoms. The van der Waals surface area contributed by atoms with Gasteiger partial charge in [0.05, 0.1) is 7.11 Å². The molecule has 4 heteroatoms. The van der Waals surface area contributed by atoms with Crippen LogP contribution in [0.5, 0.6) is 5.75 Å². The van der Waals surface area contributed by atoms with Crippen LogP contribution < -0.4 is 10.1 Å². The average molecular weight is 207 g/mol. The Kier molecular flexibility index (Phi) is 2.26. The highest BCUT2D eigenvalue weighted by Gasteiger charge is 2.35. The van der Waals surface area contributed by atoms with Crippen LogP contribution in [0.4, 0.5) is 5.69 Å². The largest absolute Gasteiger partial charge is 0.496 e. The lowest BCUT2D eigenvalue weighted by Gasteiger charge is -2.12. The maximum absolute atomic E-state index is 11.0. The molecule has 2 N–H and O–H groups in total. The fourth-order valence-corrected chi connectivity index (χ4v) is 2.05. The molecule has 0 aliphatic carbocycles. The van der Waals surface area contributed by atoms with E-state index in [1.165, 1.54) is 0 Å². The van der Waals surface area contributed by atoms with Gasteiger partial charge in [-0.3, -0.25) is 0 Å². The number of methoxy groups -OCH3 is 1. The second-order valence-corrected chi connectivity index (χ2v) is 3.67. The van der Waals surface area contributed by atoms with E-state index in [2.05, 4.69) is 5.32 Å². The summed E-state index contributed by atoms with van der Waals surface area (Å²) in [4.78, 5) is 11.0. The molecule has 0 bridgehead atoms. The highest BCUT2D eigenvalue weighted by atomic mass is 16.5. The van der Waals surface area contributed by atoms with Crippen molar-refractivity contribution in [3.05, 3.63) is 23.8 Å². The fraction of sp³-hybridized carbons (Fsp3) is 0.364. The van der Waals surface area contributed by atoms with Gasteiger partial charge in [0, 0.05) is 17.2 Å². The van der Waals surface area contributed by atoms with Crippen LogP contribution in [-0.4, -0.2) is 24.2 Å². The second kappa shape index (κ2) is 3.46. The minimum Gasteiger partial charge on any atom is -0.496 e. The Morgan fingerprint density at radius 3 is 2.87 bits per heavy atom. The molecule has 0 spiro atoms. The van der Waals surface area contributed by atoms with Gasteiger partial charge in [0.25, 0.3) is 0 Å². The number of hydrogen-bond donors (Lipinski definition) is 2. The third-order valence-electron chi connectivity index (χ3n) is 2.82. The van der Waals surface area contributed by atoms with E-state index in [9.17, 15) is 4.79 Å². The van der Waals surface area contributed by atoms with Crippen molar-refractivity contribution in [1.82, 2.24) is 0 Å². The summed E-state index contributed by atoms with van der Waals surface area (Å²) in [6, 6.07) is 5.01. The number of anilines is 1. The number of ether oxygens (including phenoxy) is 1. The summed E-state index contributed by atoms with van der Waals surface area (Å²) in [5.41, 5.74) is 1.81. The zero-order valence-electron chi connectivity index (χ0n) is 8.65. The molecule has 1 aromatic carbocycles. The molecule has 2 rings (SSSR count). The number of nitrogens with one attached hydrogen (secondary N) is 1. The van der Waals surface area contributed by atoms with E-state index in [1.807, 2.05) is 25.1 Å². The van der Waals surface area contributed by atoms with Gasteiger partial charge >= 0.3 is 5.97 Å². The summed E-state index contributed by atoms with van der Waals surface area (Å²) >= 11 is 0. The summed E-state index contributed by atoms with van der Waals surface area (Å²) in [5.74, 6) is -0.161. The lowest BCUT2D eigenvalue weighted by Crippen LogP contribution is -2.28. The zero-order chi connectivity index (χ0) is 11.0. The molecule has 0 fully saturated rings. The van der Waals surface area contributed by atoms with Crippen molar-refractivity contribution >= 4 is 11.7 Å². The molecule has 0 radical (unpaired) electrons. The third-order valence-corrected chi connectivity index (χ3v) is 2.82. The van der Waals surface area contributed by atoms with Gasteiger partial charge in [0.15, 0.2) is 0 Å². The second-order valence-electron chi connectivity index (χ2n) is 3.67. The molecule has 2 unspecified atom stereocenters. The van der Waals surface area contributed by atoms with Crippen LogP contribution in [0.2, 0.25) is 0 Å². The molecule has 0 saturated carbocycles. The number of benzene rings is 1. The Bertz CT molecular complexity index is 403. The molecular formula is C11H13NO3. The van der Waals surface area contributed by atoms with E-state index in [0.717, 1.165) is 17.0 Å². The molecule has 80 valence electrons. The van der Waals surface area contributed by atoms with E-state index in [4.69, 9.17) is 9.84 Å². The Morgan fingerprint density at radius 1 is 1.53 bits per heavy atom. The van der Waals surface area contributed by atoms with Crippen molar-refractivity contribution in [3.63, 3.8) is 0 Å². The van der Waals surface area contributed by atoms with Gasteiger partial charge in [-0.05, 0) is 12.1 Å². The minimum atomic E-state index is -0.833. The van der Waals surface area contributed by atoms with E-state index >= 15 is 0 Å². The first-order valence-electron chi connectivity index (χ1n) is 4.81. The normalized spacial score (nSPS) is 23.1. The Hall–Kier alpha value is -1.71. The van der Waals surface area contributed by atoms with Gasteiger partial charge in [-0.25, -0.2) is 4.79 Å².